The second kappa shape index (κ2) is 3.59. The van der Waals surface area contributed by atoms with E-state index in [1.807, 2.05) is 25.1 Å². The van der Waals surface area contributed by atoms with Gasteiger partial charge in [-0.1, -0.05) is 35.1 Å². The number of aromatic nitrogens is 1. The molecule has 4 heteroatoms. The average molecular weight is 225 g/mol. The van der Waals surface area contributed by atoms with Gasteiger partial charge in [-0.05, 0) is 24.1 Å². The van der Waals surface area contributed by atoms with Crippen molar-refractivity contribution < 1.29 is 0 Å². The van der Waals surface area contributed by atoms with Crippen LogP contribution in [0.4, 0.5) is 5.13 Å². The molecule has 0 aliphatic rings. The van der Waals surface area contributed by atoms with Crippen LogP contribution >= 0.6 is 22.9 Å². The molecule has 2 nitrogen and oxygen atoms in total. The maximum atomic E-state index is 6.02. The van der Waals surface area contributed by atoms with Crippen molar-refractivity contribution in [3.63, 3.8) is 0 Å². The van der Waals surface area contributed by atoms with E-state index < -0.39 is 0 Å². The Morgan fingerprint density at radius 3 is 2.86 bits per heavy atom. The van der Waals surface area contributed by atoms with E-state index in [0.717, 1.165) is 21.0 Å². The normalized spacial score (nSPS) is 10.4. The van der Waals surface area contributed by atoms with Crippen molar-refractivity contribution in [2.75, 3.05) is 5.73 Å². The molecular formula is C10H9ClN2S. The molecule has 1 heterocycles. The summed E-state index contributed by atoms with van der Waals surface area (Å²) in [4.78, 5) is 5.07. The zero-order valence-corrected chi connectivity index (χ0v) is 9.19. The summed E-state index contributed by atoms with van der Waals surface area (Å²) in [6.07, 6.45) is 1.78. The van der Waals surface area contributed by atoms with Gasteiger partial charge in [0.1, 0.15) is 0 Å². The molecule has 0 fully saturated rings. The number of hydrogen-bond donors (Lipinski definition) is 1. The SMILES string of the molecule is Cc1c(Cl)cccc1-c1cnc(N)s1. The monoisotopic (exact) mass is 224 g/mol. The number of nitrogens with zero attached hydrogens (tertiary/aromatic N) is 1. The van der Waals surface area contributed by atoms with Gasteiger partial charge in [-0.15, -0.1) is 0 Å². The van der Waals surface area contributed by atoms with Crippen LogP contribution in [0.5, 0.6) is 0 Å². The highest BCUT2D eigenvalue weighted by Crippen LogP contribution is 2.32. The number of hydrogen-bond acceptors (Lipinski definition) is 3. The minimum atomic E-state index is 0.583. The van der Waals surface area contributed by atoms with Crippen LogP contribution in [0.25, 0.3) is 10.4 Å². The number of rotatable bonds is 1. The van der Waals surface area contributed by atoms with Gasteiger partial charge in [-0.2, -0.15) is 0 Å². The maximum Gasteiger partial charge on any atom is 0.180 e. The molecule has 14 heavy (non-hydrogen) atoms. The Morgan fingerprint density at radius 2 is 2.21 bits per heavy atom. The molecule has 2 rings (SSSR count). The zero-order valence-electron chi connectivity index (χ0n) is 7.62. The fraction of sp³-hybridized carbons (Fsp3) is 0.100. The second-order valence-corrected chi connectivity index (χ2v) is 4.44. The highest BCUT2D eigenvalue weighted by atomic mass is 35.5. The molecule has 0 aliphatic heterocycles. The fourth-order valence-electron chi connectivity index (χ4n) is 1.29. The Bertz CT molecular complexity index is 465. The molecule has 2 N–H and O–H groups in total. The zero-order chi connectivity index (χ0) is 10.1. The third-order valence-electron chi connectivity index (χ3n) is 2.06. The van der Waals surface area contributed by atoms with Gasteiger partial charge in [-0.25, -0.2) is 4.98 Å². The summed E-state index contributed by atoms with van der Waals surface area (Å²) < 4.78 is 0. The van der Waals surface area contributed by atoms with E-state index in [9.17, 15) is 0 Å². The van der Waals surface area contributed by atoms with E-state index in [0.29, 0.717) is 5.13 Å². The Kier molecular flexibility index (Phi) is 2.44. The van der Waals surface area contributed by atoms with Crippen LogP contribution in [-0.2, 0) is 0 Å². The van der Waals surface area contributed by atoms with Gasteiger partial charge >= 0.3 is 0 Å². The van der Waals surface area contributed by atoms with Gasteiger partial charge in [0.15, 0.2) is 5.13 Å². The molecule has 0 unspecified atom stereocenters. The number of thiazole rings is 1. The summed E-state index contributed by atoms with van der Waals surface area (Å²) in [7, 11) is 0. The Labute approximate surface area is 91.4 Å². The molecule has 0 radical (unpaired) electrons. The molecule has 0 amide bonds. The van der Waals surface area contributed by atoms with Crippen LogP contribution in [-0.4, -0.2) is 4.98 Å². The minimum absolute atomic E-state index is 0.583. The fourth-order valence-corrected chi connectivity index (χ4v) is 2.23. The van der Waals surface area contributed by atoms with Gasteiger partial charge in [0.2, 0.25) is 0 Å². The molecule has 0 aliphatic carbocycles. The lowest BCUT2D eigenvalue weighted by atomic mass is 10.1. The largest absolute Gasteiger partial charge is 0.375 e. The van der Waals surface area contributed by atoms with Crippen molar-refractivity contribution in [2.45, 2.75) is 6.92 Å². The number of anilines is 1. The van der Waals surface area contributed by atoms with Crippen molar-refractivity contribution in [3.8, 4) is 10.4 Å². The first kappa shape index (κ1) is 9.49. The van der Waals surface area contributed by atoms with Crippen LogP contribution in [0.15, 0.2) is 24.4 Å². The van der Waals surface area contributed by atoms with Crippen LogP contribution in [0.3, 0.4) is 0 Å². The smallest absolute Gasteiger partial charge is 0.180 e. The molecule has 0 saturated carbocycles. The standard InChI is InChI=1S/C10H9ClN2S/c1-6-7(3-2-4-8(6)11)9-5-13-10(12)14-9/h2-5H,1H3,(H2,12,13). The Morgan fingerprint density at radius 1 is 1.43 bits per heavy atom. The number of nitrogens with two attached hydrogens (primary N) is 1. The van der Waals surface area contributed by atoms with E-state index >= 15 is 0 Å². The lowest BCUT2D eigenvalue weighted by molar-refractivity contribution is 1.41. The number of benzene rings is 1. The van der Waals surface area contributed by atoms with Gasteiger partial charge in [0.25, 0.3) is 0 Å². The molecule has 1 aromatic carbocycles. The first-order valence-corrected chi connectivity index (χ1v) is 5.34. The van der Waals surface area contributed by atoms with Crippen molar-refractivity contribution >= 4 is 28.1 Å². The topological polar surface area (TPSA) is 38.9 Å². The van der Waals surface area contributed by atoms with Crippen LogP contribution in [0.2, 0.25) is 5.02 Å². The average Bonchev–Trinajstić information content (AvgIpc) is 2.57. The van der Waals surface area contributed by atoms with E-state index in [-0.39, 0.29) is 0 Å². The summed E-state index contributed by atoms with van der Waals surface area (Å²) in [6, 6.07) is 5.83. The number of nitrogen functional groups attached to an aromatic ring is 1. The summed E-state index contributed by atoms with van der Waals surface area (Å²) in [5.41, 5.74) is 7.75. The molecule has 0 spiro atoms. The number of halogens is 1. The first-order chi connectivity index (χ1) is 6.68. The summed E-state index contributed by atoms with van der Waals surface area (Å²) in [6.45, 7) is 1.99. The lowest BCUT2D eigenvalue weighted by Crippen LogP contribution is -1.80. The predicted molar refractivity (Wildman–Crippen MR) is 61.7 cm³/mol. The highest BCUT2D eigenvalue weighted by molar-refractivity contribution is 7.18. The van der Waals surface area contributed by atoms with Crippen LogP contribution in [0, 0.1) is 6.92 Å². The van der Waals surface area contributed by atoms with Crippen molar-refractivity contribution in [3.05, 3.63) is 35.0 Å². The van der Waals surface area contributed by atoms with E-state index in [1.54, 1.807) is 6.20 Å². The highest BCUT2D eigenvalue weighted by Gasteiger charge is 2.07. The third-order valence-corrected chi connectivity index (χ3v) is 3.33. The van der Waals surface area contributed by atoms with E-state index in [2.05, 4.69) is 4.98 Å². The molecule has 72 valence electrons. The first-order valence-electron chi connectivity index (χ1n) is 4.15. The summed E-state index contributed by atoms with van der Waals surface area (Å²) in [5.74, 6) is 0. The molecule has 0 bridgehead atoms. The van der Waals surface area contributed by atoms with Gasteiger partial charge in [0, 0.05) is 11.2 Å². The maximum absolute atomic E-state index is 6.02. The van der Waals surface area contributed by atoms with Crippen LogP contribution < -0.4 is 5.73 Å². The van der Waals surface area contributed by atoms with Crippen molar-refractivity contribution in [1.82, 2.24) is 4.98 Å². The minimum Gasteiger partial charge on any atom is -0.375 e. The molecule has 0 atom stereocenters. The third kappa shape index (κ3) is 1.61. The van der Waals surface area contributed by atoms with E-state index in [4.69, 9.17) is 17.3 Å². The predicted octanol–water partition coefficient (Wildman–Crippen LogP) is 3.35. The van der Waals surface area contributed by atoms with Gasteiger partial charge < -0.3 is 5.73 Å². The van der Waals surface area contributed by atoms with Crippen molar-refractivity contribution in [1.29, 1.82) is 0 Å². The van der Waals surface area contributed by atoms with Gasteiger partial charge in [0.05, 0.1) is 4.88 Å². The Hall–Kier alpha value is -1.06. The lowest BCUT2D eigenvalue weighted by Gasteiger charge is -2.03. The molecule has 0 saturated heterocycles. The van der Waals surface area contributed by atoms with Crippen molar-refractivity contribution in [2.24, 2.45) is 0 Å². The van der Waals surface area contributed by atoms with Gasteiger partial charge in [-0.3, -0.25) is 0 Å². The summed E-state index contributed by atoms with van der Waals surface area (Å²) >= 11 is 7.50. The van der Waals surface area contributed by atoms with E-state index in [1.165, 1.54) is 11.3 Å². The Balaban J connectivity index is 2.57. The molecule has 2 aromatic rings. The van der Waals surface area contributed by atoms with Crippen LogP contribution in [0.1, 0.15) is 5.56 Å². The summed E-state index contributed by atoms with van der Waals surface area (Å²) in [5, 5.41) is 1.36. The second-order valence-electron chi connectivity index (χ2n) is 2.98. The molecule has 1 aromatic heterocycles. The molecular weight excluding hydrogens is 216 g/mol. The quantitative estimate of drug-likeness (QED) is 0.807.